The van der Waals surface area contributed by atoms with E-state index in [0.29, 0.717) is 6.42 Å². The second kappa shape index (κ2) is 3.47. The summed E-state index contributed by atoms with van der Waals surface area (Å²) in [6.07, 6.45) is 1.43. The SMILES string of the molecule is C=C1C(Cl)CC(Cl)CC1C#N. The van der Waals surface area contributed by atoms with Gasteiger partial charge in [-0.2, -0.15) is 5.26 Å². The minimum Gasteiger partial charge on any atom is -0.198 e. The van der Waals surface area contributed by atoms with Gasteiger partial charge in [0.05, 0.1) is 17.4 Å². The molecule has 0 aromatic heterocycles. The van der Waals surface area contributed by atoms with Crippen LogP contribution < -0.4 is 0 Å². The van der Waals surface area contributed by atoms with Crippen molar-refractivity contribution in [3.05, 3.63) is 12.2 Å². The van der Waals surface area contributed by atoms with Crippen molar-refractivity contribution in [2.45, 2.75) is 23.6 Å². The van der Waals surface area contributed by atoms with E-state index in [-0.39, 0.29) is 16.7 Å². The van der Waals surface area contributed by atoms with Crippen molar-refractivity contribution in [3.63, 3.8) is 0 Å². The minimum atomic E-state index is -0.145. The molecule has 0 spiro atoms. The lowest BCUT2D eigenvalue weighted by Crippen LogP contribution is -2.25. The summed E-state index contributed by atoms with van der Waals surface area (Å²) in [6.45, 7) is 3.77. The van der Waals surface area contributed by atoms with E-state index >= 15 is 0 Å². The first kappa shape index (κ1) is 8.90. The van der Waals surface area contributed by atoms with Gasteiger partial charge in [0.15, 0.2) is 0 Å². The Bertz CT molecular complexity index is 207. The molecular weight excluding hydrogens is 181 g/mol. The van der Waals surface area contributed by atoms with Crippen LogP contribution in [0.5, 0.6) is 0 Å². The molecule has 0 bridgehead atoms. The van der Waals surface area contributed by atoms with Crippen LogP contribution in [0.2, 0.25) is 0 Å². The van der Waals surface area contributed by atoms with Crippen LogP contribution in [0.3, 0.4) is 0 Å². The van der Waals surface area contributed by atoms with Crippen LogP contribution in [0.15, 0.2) is 12.2 Å². The number of nitriles is 1. The lowest BCUT2D eigenvalue weighted by Gasteiger charge is -2.26. The molecular formula is C8H9Cl2N. The Morgan fingerprint density at radius 2 is 2.09 bits per heavy atom. The van der Waals surface area contributed by atoms with Crippen LogP contribution >= 0.6 is 23.2 Å². The van der Waals surface area contributed by atoms with E-state index in [9.17, 15) is 0 Å². The smallest absolute Gasteiger partial charge is 0.0701 e. The summed E-state index contributed by atoms with van der Waals surface area (Å²) in [5.41, 5.74) is 0.825. The Labute approximate surface area is 76.6 Å². The average Bonchev–Trinajstić information content (AvgIpc) is 1.96. The fraction of sp³-hybridized carbons (Fsp3) is 0.625. The molecule has 1 saturated carbocycles. The van der Waals surface area contributed by atoms with Crippen LogP contribution in [-0.4, -0.2) is 10.8 Å². The quantitative estimate of drug-likeness (QED) is 0.425. The molecule has 1 fully saturated rings. The van der Waals surface area contributed by atoms with Gasteiger partial charge in [-0.05, 0) is 18.4 Å². The van der Waals surface area contributed by atoms with Crippen LogP contribution in [0.1, 0.15) is 12.8 Å². The predicted molar refractivity (Wildman–Crippen MR) is 46.8 cm³/mol. The van der Waals surface area contributed by atoms with Gasteiger partial charge in [-0.3, -0.25) is 0 Å². The number of halogens is 2. The molecule has 3 heteroatoms. The standard InChI is InChI=1S/C8H9Cl2N/c1-5-6(4-11)2-7(9)3-8(5)10/h6-8H,1-3H2. The van der Waals surface area contributed by atoms with Gasteiger partial charge in [-0.1, -0.05) is 6.58 Å². The molecule has 1 aliphatic rings. The van der Waals surface area contributed by atoms with E-state index in [1.165, 1.54) is 0 Å². The first-order valence-electron chi connectivity index (χ1n) is 3.51. The molecule has 1 aliphatic carbocycles. The summed E-state index contributed by atoms with van der Waals surface area (Å²) >= 11 is 11.8. The van der Waals surface area contributed by atoms with Gasteiger partial charge < -0.3 is 0 Å². The normalized spacial score (nSPS) is 38.3. The van der Waals surface area contributed by atoms with Crippen molar-refractivity contribution < 1.29 is 0 Å². The molecule has 0 N–H and O–H groups in total. The third kappa shape index (κ3) is 1.89. The Balaban J connectivity index is 2.68. The average molecular weight is 190 g/mol. The highest BCUT2D eigenvalue weighted by Gasteiger charge is 2.29. The van der Waals surface area contributed by atoms with Crippen LogP contribution in [0.4, 0.5) is 0 Å². The van der Waals surface area contributed by atoms with Gasteiger partial charge >= 0.3 is 0 Å². The Morgan fingerprint density at radius 3 is 2.64 bits per heavy atom. The highest BCUT2D eigenvalue weighted by atomic mass is 35.5. The van der Waals surface area contributed by atoms with Gasteiger partial charge in [-0.25, -0.2) is 0 Å². The third-order valence-corrected chi connectivity index (χ3v) is 2.77. The lowest BCUT2D eigenvalue weighted by molar-refractivity contribution is 0.540. The van der Waals surface area contributed by atoms with Gasteiger partial charge in [0.2, 0.25) is 0 Å². The van der Waals surface area contributed by atoms with E-state index in [4.69, 9.17) is 28.5 Å². The molecule has 1 rings (SSSR count). The van der Waals surface area contributed by atoms with Crippen molar-refractivity contribution in [3.8, 4) is 6.07 Å². The predicted octanol–water partition coefficient (Wildman–Crippen LogP) is 2.69. The second-order valence-electron chi connectivity index (χ2n) is 2.79. The monoisotopic (exact) mass is 189 g/mol. The largest absolute Gasteiger partial charge is 0.198 e. The molecule has 0 saturated heterocycles. The summed E-state index contributed by atoms with van der Waals surface area (Å²) in [5.74, 6) is -0.145. The van der Waals surface area contributed by atoms with Crippen LogP contribution in [-0.2, 0) is 0 Å². The molecule has 3 unspecified atom stereocenters. The van der Waals surface area contributed by atoms with Gasteiger partial charge in [-0.15, -0.1) is 23.2 Å². The first-order valence-corrected chi connectivity index (χ1v) is 4.39. The molecule has 1 nitrogen and oxygen atoms in total. The summed E-state index contributed by atoms with van der Waals surface area (Å²) in [4.78, 5) is 0. The number of hydrogen-bond acceptors (Lipinski definition) is 1. The Hall–Kier alpha value is -0.190. The number of nitrogens with zero attached hydrogens (tertiary/aromatic N) is 1. The van der Waals surface area contributed by atoms with Crippen molar-refractivity contribution >= 4 is 23.2 Å². The van der Waals surface area contributed by atoms with E-state index in [1.54, 1.807) is 0 Å². The third-order valence-electron chi connectivity index (χ3n) is 1.96. The maximum Gasteiger partial charge on any atom is 0.0701 e. The number of alkyl halides is 2. The Morgan fingerprint density at radius 1 is 1.45 bits per heavy atom. The highest BCUT2D eigenvalue weighted by Crippen LogP contribution is 2.34. The van der Waals surface area contributed by atoms with Gasteiger partial charge in [0, 0.05) is 5.38 Å². The van der Waals surface area contributed by atoms with E-state index in [2.05, 4.69) is 12.6 Å². The Kier molecular flexibility index (Phi) is 2.81. The zero-order valence-corrected chi connectivity index (χ0v) is 7.57. The summed E-state index contributed by atoms with van der Waals surface area (Å²) < 4.78 is 0. The zero-order valence-electron chi connectivity index (χ0n) is 6.06. The van der Waals surface area contributed by atoms with E-state index in [1.807, 2.05) is 0 Å². The number of rotatable bonds is 0. The maximum absolute atomic E-state index is 8.67. The molecule has 0 aromatic rings. The molecule has 60 valence electrons. The van der Waals surface area contributed by atoms with Crippen molar-refractivity contribution in [2.24, 2.45) is 5.92 Å². The first-order chi connectivity index (χ1) is 5.15. The highest BCUT2D eigenvalue weighted by molar-refractivity contribution is 6.25. The number of allylic oxidation sites excluding steroid dienone is 1. The molecule has 0 radical (unpaired) electrons. The van der Waals surface area contributed by atoms with E-state index < -0.39 is 0 Å². The second-order valence-corrected chi connectivity index (χ2v) is 3.94. The zero-order chi connectivity index (χ0) is 8.43. The number of hydrogen-bond donors (Lipinski definition) is 0. The van der Waals surface area contributed by atoms with Crippen molar-refractivity contribution in [1.82, 2.24) is 0 Å². The van der Waals surface area contributed by atoms with Crippen molar-refractivity contribution in [1.29, 1.82) is 5.26 Å². The molecule has 0 amide bonds. The summed E-state index contributed by atoms with van der Waals surface area (Å²) in [5, 5.41) is 8.59. The molecule has 3 atom stereocenters. The molecule has 0 aliphatic heterocycles. The summed E-state index contributed by atoms with van der Waals surface area (Å²) in [6, 6.07) is 2.15. The fourth-order valence-corrected chi connectivity index (χ4v) is 2.05. The fourth-order valence-electron chi connectivity index (χ4n) is 1.23. The van der Waals surface area contributed by atoms with Gasteiger partial charge in [0.25, 0.3) is 0 Å². The van der Waals surface area contributed by atoms with Gasteiger partial charge in [0.1, 0.15) is 0 Å². The topological polar surface area (TPSA) is 23.8 Å². The van der Waals surface area contributed by atoms with Crippen LogP contribution in [0, 0.1) is 17.2 Å². The van der Waals surface area contributed by atoms with E-state index in [0.717, 1.165) is 12.0 Å². The summed E-state index contributed by atoms with van der Waals surface area (Å²) in [7, 11) is 0. The molecule has 0 heterocycles. The van der Waals surface area contributed by atoms with Crippen molar-refractivity contribution in [2.75, 3.05) is 0 Å². The maximum atomic E-state index is 8.67. The molecule has 11 heavy (non-hydrogen) atoms. The molecule has 0 aromatic carbocycles. The minimum absolute atomic E-state index is 0.0349. The lowest BCUT2D eigenvalue weighted by atomic mass is 9.85. The van der Waals surface area contributed by atoms with Crippen LogP contribution in [0.25, 0.3) is 0 Å².